The highest BCUT2D eigenvalue weighted by Crippen LogP contribution is 2.56. The fraction of sp³-hybridized carbons (Fsp3) is 0.320. The first-order valence-corrected chi connectivity index (χ1v) is 10.6. The number of aliphatic hydroxyl groups excluding tert-OH is 1. The summed E-state index contributed by atoms with van der Waals surface area (Å²) in [6, 6.07) is 12.2. The molecule has 0 saturated heterocycles. The molecule has 6 heteroatoms. The van der Waals surface area contributed by atoms with Gasteiger partial charge in [0.15, 0.2) is 5.78 Å². The molecule has 31 heavy (non-hydrogen) atoms. The van der Waals surface area contributed by atoms with E-state index < -0.39 is 5.41 Å². The van der Waals surface area contributed by atoms with E-state index in [0.717, 1.165) is 47.2 Å². The van der Waals surface area contributed by atoms with Crippen molar-refractivity contribution in [2.45, 2.75) is 38.5 Å². The maximum absolute atomic E-state index is 13.0. The lowest BCUT2D eigenvalue weighted by atomic mass is 9.52. The summed E-state index contributed by atoms with van der Waals surface area (Å²) in [7, 11) is 0. The molecule has 3 aromatic rings. The van der Waals surface area contributed by atoms with Crippen LogP contribution in [0.5, 0.6) is 0 Å². The third kappa shape index (κ3) is 2.89. The highest BCUT2D eigenvalue weighted by molar-refractivity contribution is 5.98. The number of carbonyl (C=O) groups is 1. The minimum absolute atomic E-state index is 0.0341. The highest BCUT2D eigenvalue weighted by Gasteiger charge is 2.55. The molecule has 3 atom stereocenters. The van der Waals surface area contributed by atoms with Crippen molar-refractivity contribution < 1.29 is 9.90 Å². The molecule has 2 aliphatic carbocycles. The van der Waals surface area contributed by atoms with E-state index >= 15 is 0 Å². The Morgan fingerprint density at radius 2 is 1.94 bits per heavy atom. The van der Waals surface area contributed by atoms with Gasteiger partial charge in [0.1, 0.15) is 5.82 Å². The Kier molecular flexibility index (Phi) is 4.65. The largest absolute Gasteiger partial charge is 0.515 e. The van der Waals surface area contributed by atoms with Gasteiger partial charge in [-0.15, -0.1) is 0 Å². The molecule has 0 spiro atoms. The lowest BCUT2D eigenvalue weighted by Gasteiger charge is -2.51. The van der Waals surface area contributed by atoms with Crippen LogP contribution in [0.4, 0.5) is 0 Å². The number of aromatic nitrogens is 4. The number of hydrogen-bond acceptors (Lipinski definition) is 6. The van der Waals surface area contributed by atoms with Crippen LogP contribution in [-0.4, -0.2) is 31.1 Å². The van der Waals surface area contributed by atoms with Gasteiger partial charge in [0.2, 0.25) is 0 Å². The second-order valence-electron chi connectivity index (χ2n) is 8.54. The summed E-state index contributed by atoms with van der Waals surface area (Å²) >= 11 is 0. The highest BCUT2D eigenvalue weighted by atomic mass is 16.2. The zero-order chi connectivity index (χ0) is 21.6. The molecule has 1 saturated carbocycles. The minimum Gasteiger partial charge on any atom is -0.515 e. The Bertz CT molecular complexity index is 1180. The SMILES string of the molecule is Cc1nc(-c2ccnnc2)c2c(n1)[C@@]1(c3ccccc3)CC(=CO)C(=O)[C@@H](C)[C@@H]1CC2. The molecule has 2 heterocycles. The van der Waals surface area contributed by atoms with E-state index in [1.807, 2.05) is 38.1 Å². The molecule has 0 radical (unpaired) electrons. The van der Waals surface area contributed by atoms with Gasteiger partial charge >= 0.3 is 0 Å². The van der Waals surface area contributed by atoms with Crippen molar-refractivity contribution in [3.05, 3.63) is 83.3 Å². The first-order chi connectivity index (χ1) is 15.1. The van der Waals surface area contributed by atoms with Gasteiger partial charge in [-0.2, -0.15) is 10.2 Å². The van der Waals surface area contributed by atoms with Crippen LogP contribution in [0.1, 0.15) is 42.4 Å². The molecule has 6 nitrogen and oxygen atoms in total. The third-order valence-corrected chi connectivity index (χ3v) is 6.99. The molecule has 2 aliphatic rings. The average molecular weight is 412 g/mol. The first-order valence-electron chi connectivity index (χ1n) is 10.6. The van der Waals surface area contributed by atoms with Gasteiger partial charge in [-0.05, 0) is 43.7 Å². The Hall–Kier alpha value is -3.41. The monoisotopic (exact) mass is 412 g/mol. The van der Waals surface area contributed by atoms with Crippen molar-refractivity contribution in [1.82, 2.24) is 20.2 Å². The van der Waals surface area contributed by atoms with Crippen molar-refractivity contribution in [3.8, 4) is 11.3 Å². The van der Waals surface area contributed by atoms with Crippen LogP contribution >= 0.6 is 0 Å². The van der Waals surface area contributed by atoms with Crippen molar-refractivity contribution in [2.75, 3.05) is 0 Å². The predicted octanol–water partition coefficient (Wildman–Crippen LogP) is 4.14. The van der Waals surface area contributed by atoms with E-state index in [1.54, 1.807) is 12.4 Å². The van der Waals surface area contributed by atoms with E-state index in [-0.39, 0.29) is 17.6 Å². The summed E-state index contributed by atoms with van der Waals surface area (Å²) in [6.45, 7) is 3.89. The first kappa shape index (κ1) is 19.5. The van der Waals surface area contributed by atoms with E-state index in [9.17, 15) is 9.90 Å². The number of Topliss-reactive ketones (excluding diaryl/α,β-unsaturated/α-hetero) is 1. The van der Waals surface area contributed by atoms with Crippen LogP contribution in [0, 0.1) is 18.8 Å². The zero-order valence-corrected chi connectivity index (χ0v) is 17.6. The third-order valence-electron chi connectivity index (χ3n) is 6.99. The van der Waals surface area contributed by atoms with Crippen LogP contribution in [-0.2, 0) is 16.6 Å². The molecule has 0 unspecified atom stereocenters. The van der Waals surface area contributed by atoms with Crippen LogP contribution in [0.3, 0.4) is 0 Å². The van der Waals surface area contributed by atoms with Crippen LogP contribution in [0.2, 0.25) is 0 Å². The summed E-state index contributed by atoms with van der Waals surface area (Å²) in [5, 5.41) is 17.9. The van der Waals surface area contributed by atoms with Gasteiger partial charge in [0.25, 0.3) is 0 Å². The molecule has 156 valence electrons. The second kappa shape index (κ2) is 7.38. The molecule has 1 fully saturated rings. The van der Waals surface area contributed by atoms with E-state index in [0.29, 0.717) is 17.8 Å². The lowest BCUT2D eigenvalue weighted by molar-refractivity contribution is -0.123. The van der Waals surface area contributed by atoms with Crippen LogP contribution in [0.15, 0.2) is 60.6 Å². The number of allylic oxidation sites excluding steroid dienone is 1. The number of rotatable bonds is 2. The Labute approximate surface area is 181 Å². The number of fused-ring (bicyclic) bond motifs is 3. The topological polar surface area (TPSA) is 88.9 Å². The number of aryl methyl sites for hydroxylation is 1. The molecule has 2 aromatic heterocycles. The normalized spacial score (nSPS) is 26.4. The summed E-state index contributed by atoms with van der Waals surface area (Å²) < 4.78 is 0. The number of benzene rings is 1. The molecule has 1 N–H and O–H groups in total. The maximum Gasteiger partial charge on any atom is 0.165 e. The van der Waals surface area contributed by atoms with Gasteiger partial charge in [-0.25, -0.2) is 9.97 Å². The Balaban J connectivity index is 1.84. The number of hydrogen-bond donors (Lipinski definition) is 1. The molecule has 1 aromatic carbocycles. The van der Waals surface area contributed by atoms with Crippen molar-refractivity contribution in [1.29, 1.82) is 0 Å². The summed E-state index contributed by atoms with van der Waals surface area (Å²) in [5.41, 5.74) is 4.94. The van der Waals surface area contributed by atoms with Gasteiger partial charge in [-0.1, -0.05) is 37.3 Å². The van der Waals surface area contributed by atoms with Gasteiger partial charge < -0.3 is 5.11 Å². The van der Waals surface area contributed by atoms with Gasteiger partial charge in [0, 0.05) is 28.0 Å². The average Bonchev–Trinajstić information content (AvgIpc) is 2.81. The van der Waals surface area contributed by atoms with E-state index in [2.05, 4.69) is 22.3 Å². The van der Waals surface area contributed by atoms with Crippen molar-refractivity contribution in [2.24, 2.45) is 11.8 Å². The summed E-state index contributed by atoms with van der Waals surface area (Å²) in [4.78, 5) is 22.8. The van der Waals surface area contributed by atoms with Gasteiger partial charge in [0.05, 0.1) is 30.0 Å². The molecular weight excluding hydrogens is 388 g/mol. The van der Waals surface area contributed by atoms with E-state index in [1.165, 1.54) is 0 Å². The number of ketones is 1. The van der Waals surface area contributed by atoms with E-state index in [4.69, 9.17) is 9.97 Å². The number of nitrogens with zero attached hydrogens (tertiary/aromatic N) is 4. The summed E-state index contributed by atoms with van der Waals surface area (Å²) in [5.74, 6) is 0.602. The lowest BCUT2D eigenvalue weighted by Crippen LogP contribution is -2.51. The fourth-order valence-corrected chi connectivity index (χ4v) is 5.64. The number of carbonyl (C=O) groups excluding carboxylic acids is 1. The van der Waals surface area contributed by atoms with Gasteiger partial charge in [-0.3, -0.25) is 4.79 Å². The fourth-order valence-electron chi connectivity index (χ4n) is 5.64. The zero-order valence-electron chi connectivity index (χ0n) is 17.6. The maximum atomic E-state index is 13.0. The molecule has 5 rings (SSSR count). The number of aliphatic hydroxyl groups is 1. The Morgan fingerprint density at radius 1 is 1.13 bits per heavy atom. The molecule has 0 bridgehead atoms. The quantitative estimate of drug-likeness (QED) is 0.503. The minimum atomic E-state index is -0.500. The second-order valence-corrected chi connectivity index (χ2v) is 8.54. The molecular formula is C25H24N4O2. The standard InChI is InChI=1S/C25H24N4O2/c1-15-21-9-8-20-22(17-10-11-26-27-13-17)28-16(2)29-24(20)25(21,12-18(14-30)23(15)31)19-6-4-3-5-7-19/h3-7,10-11,13-15,21,30H,8-9,12H2,1-2H3/t15-,21-,25+/m0/s1. The predicted molar refractivity (Wildman–Crippen MR) is 116 cm³/mol. The van der Waals surface area contributed by atoms with Crippen LogP contribution in [0.25, 0.3) is 11.3 Å². The molecule has 0 amide bonds. The van der Waals surface area contributed by atoms with Crippen molar-refractivity contribution >= 4 is 5.78 Å². The van der Waals surface area contributed by atoms with Crippen LogP contribution < -0.4 is 0 Å². The van der Waals surface area contributed by atoms with Crippen molar-refractivity contribution in [3.63, 3.8) is 0 Å². The summed E-state index contributed by atoms with van der Waals surface area (Å²) in [6.07, 6.45) is 6.48. The smallest absolute Gasteiger partial charge is 0.165 e. The Morgan fingerprint density at radius 3 is 2.65 bits per heavy atom. The molecule has 0 aliphatic heterocycles.